The lowest BCUT2D eigenvalue weighted by Gasteiger charge is -2.27. The number of aryl methyl sites for hydroxylation is 1. The molecule has 91 heavy (non-hydrogen) atoms. The maximum absolute atomic E-state index is 14.4. The number of carbonyl (C=O) groups is 8. The molecule has 10 rings (SSSR count). The smallest absolute Gasteiger partial charge is 0.328 e. The number of carboxylic acid groups (broad SMARTS) is 2. The Balaban J connectivity index is 1.04. The van der Waals surface area contributed by atoms with Crippen molar-refractivity contribution in [2.45, 2.75) is 90.1 Å². The summed E-state index contributed by atoms with van der Waals surface area (Å²) in [7, 11) is 2.92. The first-order valence-corrected chi connectivity index (χ1v) is 33.8. The van der Waals surface area contributed by atoms with Crippen LogP contribution >= 0.6 is 68.0 Å². The number of hydrogen-bond donors (Lipinski definition) is 8. The van der Waals surface area contributed by atoms with E-state index in [1.807, 2.05) is 13.8 Å². The normalized spacial score (nSPS) is 18.6. The molecule has 1 unspecified atom stereocenters. The number of hydrogen-bond acceptors (Lipinski definition) is 23. The standard InChI is InChI=1S/C60H61N13O12S6/c1-28(2)45-59-72-48(39(91-59)23-85-5)52(81)62-22-42(75)69-49(50(79)31-10-7-6-8-11-31)58-67-38(26-88-58)56-65-36(24-87-56)47-33(54-66-37(25-86-54)51(80)64-35(21-41(74)61-4)57-71-46(29(3)90-57)53(82)70-45)17-18-34(63-47)55-68-40(27-89-55)73(19-9-12-44(77)78)43(76)20-30-13-15-32(16-14-30)60(83)84/h6-12,17-18,24-28,30,32,35,45,49-50,79H,13-16,19-23H2,1-5H3,(H,61,74)(H,62,81)(H,64,80)(H,69,75)(H,70,82)(H,77,78)(H,83,84)/b12-9+/t30-,32-,35-,45?,49-,50-/m0/s1. The number of rotatable bonds is 15. The molecule has 25 nitrogen and oxygen atoms in total. The molecule has 8 N–H and O–H groups in total. The summed E-state index contributed by atoms with van der Waals surface area (Å²) >= 11 is 7.01. The van der Waals surface area contributed by atoms with Crippen molar-refractivity contribution >= 4 is 121 Å². The molecule has 1 aromatic carbocycles. The predicted octanol–water partition coefficient (Wildman–Crippen LogP) is 8.57. The number of amides is 6. The summed E-state index contributed by atoms with van der Waals surface area (Å²) in [5.41, 5.74) is 2.37. The summed E-state index contributed by atoms with van der Waals surface area (Å²) in [5.74, 6) is -5.92. The first-order chi connectivity index (χ1) is 43.7. The highest BCUT2D eigenvalue weighted by molar-refractivity contribution is 7.15. The number of anilines is 1. The molecule has 7 aromatic heterocycles. The average molecular weight is 1350 g/mol. The molecule has 6 amide bonds. The van der Waals surface area contributed by atoms with Crippen molar-refractivity contribution in [3.8, 4) is 43.4 Å². The second-order valence-electron chi connectivity index (χ2n) is 21.7. The van der Waals surface area contributed by atoms with Crippen molar-refractivity contribution in [1.82, 2.24) is 61.5 Å². The van der Waals surface area contributed by atoms with Crippen molar-refractivity contribution in [2.24, 2.45) is 17.8 Å². The minimum Gasteiger partial charge on any atom is -0.481 e. The Hall–Kier alpha value is -8.43. The third-order valence-electron chi connectivity index (χ3n) is 15.0. The van der Waals surface area contributed by atoms with E-state index in [-0.39, 0.29) is 71.6 Å². The van der Waals surface area contributed by atoms with Crippen LogP contribution in [-0.4, -0.2) is 125 Å². The number of aliphatic carboxylic acids is 2. The largest absolute Gasteiger partial charge is 0.481 e. The Kier molecular flexibility index (Phi) is 21.1. The number of carboxylic acids is 2. The van der Waals surface area contributed by atoms with E-state index in [1.54, 1.807) is 70.9 Å². The van der Waals surface area contributed by atoms with Crippen LogP contribution in [0.3, 0.4) is 0 Å². The van der Waals surface area contributed by atoms with Gasteiger partial charge < -0.3 is 46.6 Å². The van der Waals surface area contributed by atoms with Crippen LogP contribution in [0.4, 0.5) is 5.82 Å². The Morgan fingerprint density at radius 2 is 1.41 bits per heavy atom. The summed E-state index contributed by atoms with van der Waals surface area (Å²) in [6.07, 6.45) is 2.83. The third-order valence-corrected chi connectivity index (χ3v) is 20.7. The van der Waals surface area contributed by atoms with Gasteiger partial charge in [0.25, 0.3) is 17.7 Å². The van der Waals surface area contributed by atoms with Crippen LogP contribution in [-0.2, 0) is 35.3 Å². The molecular weight excluding hydrogens is 1290 g/mol. The van der Waals surface area contributed by atoms with Gasteiger partial charge in [-0.05, 0) is 62.1 Å². The fourth-order valence-corrected chi connectivity index (χ4v) is 15.8. The number of ether oxygens (including phenoxy) is 1. The highest BCUT2D eigenvalue weighted by Crippen LogP contribution is 2.41. The first kappa shape index (κ1) is 65.5. The van der Waals surface area contributed by atoms with Crippen LogP contribution in [0.25, 0.3) is 43.4 Å². The molecule has 1 aliphatic heterocycles. The molecule has 1 aliphatic carbocycles. The molecule has 4 atom stereocenters. The van der Waals surface area contributed by atoms with E-state index in [1.165, 1.54) is 59.1 Å². The van der Waals surface area contributed by atoms with Crippen LogP contribution in [0, 0.1) is 24.7 Å². The van der Waals surface area contributed by atoms with Crippen molar-refractivity contribution in [1.29, 1.82) is 0 Å². The predicted molar refractivity (Wildman–Crippen MR) is 344 cm³/mol. The molecule has 8 heterocycles. The van der Waals surface area contributed by atoms with Crippen LogP contribution in [0.5, 0.6) is 0 Å². The zero-order chi connectivity index (χ0) is 64.6. The zero-order valence-electron chi connectivity index (χ0n) is 49.5. The van der Waals surface area contributed by atoms with Gasteiger partial charge in [0.1, 0.15) is 82.2 Å². The highest BCUT2D eigenvalue weighted by Gasteiger charge is 2.34. The van der Waals surface area contributed by atoms with E-state index in [4.69, 9.17) is 39.6 Å². The maximum atomic E-state index is 14.4. The molecule has 10 bridgehead atoms. The van der Waals surface area contributed by atoms with Crippen molar-refractivity contribution in [3.05, 3.63) is 124 Å². The third kappa shape index (κ3) is 15.5. The molecular formula is C60H61N13O12S6. The number of carbonyl (C=O) groups excluding carboxylic acids is 6. The van der Waals surface area contributed by atoms with E-state index >= 15 is 0 Å². The van der Waals surface area contributed by atoms with Gasteiger partial charge in [0.2, 0.25) is 17.7 Å². The van der Waals surface area contributed by atoms with Crippen LogP contribution < -0.4 is 31.5 Å². The van der Waals surface area contributed by atoms with Crippen molar-refractivity contribution in [3.63, 3.8) is 0 Å². The summed E-state index contributed by atoms with van der Waals surface area (Å²) in [6.45, 7) is 4.79. The first-order valence-electron chi connectivity index (χ1n) is 28.6. The fourth-order valence-electron chi connectivity index (χ4n) is 10.3. The number of aliphatic hydroxyl groups is 1. The van der Waals surface area contributed by atoms with Gasteiger partial charge in [0, 0.05) is 65.2 Å². The number of methoxy groups -OCH3 is 1. The Morgan fingerprint density at radius 1 is 0.703 bits per heavy atom. The number of nitrogens with one attached hydrogen (secondary N) is 5. The highest BCUT2D eigenvalue weighted by atomic mass is 32.1. The topological polar surface area (TPSA) is 360 Å². The molecule has 474 valence electrons. The van der Waals surface area contributed by atoms with E-state index in [0.29, 0.717) is 94.4 Å². The summed E-state index contributed by atoms with van der Waals surface area (Å²) in [5, 5.41) is 53.9. The lowest BCUT2D eigenvalue weighted by atomic mass is 9.80. The van der Waals surface area contributed by atoms with Crippen LogP contribution in [0.1, 0.15) is 138 Å². The Labute approximate surface area is 544 Å². The molecule has 1 fully saturated rings. The molecule has 31 heteroatoms. The van der Waals surface area contributed by atoms with Gasteiger partial charge in [-0.1, -0.05) is 50.3 Å². The maximum Gasteiger partial charge on any atom is 0.328 e. The summed E-state index contributed by atoms with van der Waals surface area (Å²) in [6, 6.07) is 9.28. The summed E-state index contributed by atoms with van der Waals surface area (Å²) < 4.78 is 5.45. The summed E-state index contributed by atoms with van der Waals surface area (Å²) in [4.78, 5) is 144. The van der Waals surface area contributed by atoms with E-state index in [9.17, 15) is 53.7 Å². The quantitative estimate of drug-likeness (QED) is 0.0445. The van der Waals surface area contributed by atoms with Gasteiger partial charge >= 0.3 is 11.9 Å². The molecule has 8 aromatic rings. The SMILES string of the molecule is CNC(=O)C[C@@H]1NC(=O)c2csc(n2)-c2ccc(-c3nc(N(C/C=C/C(=O)O)C(=O)C[C@H]4CC[C@H](C(=O)O)CC4)cs3)nc2-c2csc(n2)-c2csc(n2)[C@H]([C@@H](O)c2ccccc2)NC(=O)CNC(=O)c2nc(sc2COC)C(C(C)C)NC(=O)c2nc1sc2C. The number of aromatic nitrogens is 7. The van der Waals surface area contributed by atoms with Gasteiger partial charge in [0.05, 0.1) is 48.1 Å². The number of fused-ring (bicyclic) bond motifs is 14. The number of pyridine rings is 1. The lowest BCUT2D eigenvalue weighted by Crippen LogP contribution is -2.40. The van der Waals surface area contributed by atoms with Gasteiger partial charge in [-0.2, -0.15) is 0 Å². The van der Waals surface area contributed by atoms with Gasteiger partial charge in [-0.25, -0.2) is 39.7 Å². The number of nitrogens with zero attached hydrogens (tertiary/aromatic N) is 8. The Morgan fingerprint density at radius 3 is 2.13 bits per heavy atom. The lowest BCUT2D eigenvalue weighted by molar-refractivity contribution is -0.143. The van der Waals surface area contributed by atoms with E-state index < -0.39 is 78.2 Å². The molecule has 0 radical (unpaired) electrons. The zero-order valence-corrected chi connectivity index (χ0v) is 54.4. The molecule has 0 saturated heterocycles. The number of benzene rings is 1. The monoisotopic (exact) mass is 1350 g/mol. The minimum atomic E-state index is -1.31. The van der Waals surface area contributed by atoms with E-state index in [0.717, 1.165) is 40.1 Å². The van der Waals surface area contributed by atoms with Crippen LogP contribution in [0.15, 0.2) is 76.1 Å². The molecule has 2 aliphatic rings. The average Bonchev–Trinajstić information content (AvgIpc) is 1.75. The second-order valence-corrected chi connectivity index (χ2v) is 27.5. The van der Waals surface area contributed by atoms with E-state index in [2.05, 4.69) is 26.6 Å². The van der Waals surface area contributed by atoms with Crippen molar-refractivity contribution in [2.75, 3.05) is 32.1 Å². The number of aliphatic hydroxyl groups excluding tert-OH is 1. The minimum absolute atomic E-state index is 0.00856. The number of thiazole rings is 6. The van der Waals surface area contributed by atoms with Gasteiger partial charge in [0.15, 0.2) is 0 Å². The van der Waals surface area contributed by atoms with Gasteiger partial charge in [-0.15, -0.1) is 68.0 Å². The molecule has 0 spiro atoms. The van der Waals surface area contributed by atoms with Crippen LogP contribution in [0.2, 0.25) is 0 Å². The fraction of sp³-hybridized carbons (Fsp3) is 0.350. The second kappa shape index (κ2) is 29.2. The molecule has 1 saturated carbocycles. The van der Waals surface area contributed by atoms with Crippen molar-refractivity contribution < 1.29 is 58.4 Å². The van der Waals surface area contributed by atoms with Gasteiger partial charge in [-0.3, -0.25) is 38.5 Å². The Bertz CT molecular complexity index is 4050.